The van der Waals surface area contributed by atoms with E-state index in [9.17, 15) is 14.7 Å². The Morgan fingerprint density at radius 1 is 1.09 bits per heavy atom. The maximum absolute atomic E-state index is 12.6. The van der Waals surface area contributed by atoms with Gasteiger partial charge < -0.3 is 21.1 Å². The van der Waals surface area contributed by atoms with Gasteiger partial charge in [0.2, 0.25) is 0 Å². The van der Waals surface area contributed by atoms with E-state index in [2.05, 4.69) is 20.3 Å². The Bertz CT molecular complexity index is 1350. The summed E-state index contributed by atoms with van der Waals surface area (Å²) >= 11 is 0. The van der Waals surface area contributed by atoms with Gasteiger partial charge in [-0.1, -0.05) is 18.2 Å². The Morgan fingerprint density at radius 2 is 1.91 bits per heavy atom. The molecule has 1 atom stereocenters. The largest absolute Gasteiger partial charge is 0.465 e. The third-order valence-electron chi connectivity index (χ3n) is 5.86. The second-order valence-corrected chi connectivity index (χ2v) is 8.02. The van der Waals surface area contributed by atoms with E-state index in [0.29, 0.717) is 41.2 Å². The minimum Gasteiger partial charge on any atom is -0.465 e. The Labute approximate surface area is 194 Å². The normalized spacial score (nSPS) is 15.9. The first-order valence-corrected chi connectivity index (χ1v) is 10.8. The van der Waals surface area contributed by atoms with Crippen LogP contribution in [0.3, 0.4) is 0 Å². The number of piperidine rings is 1. The van der Waals surface area contributed by atoms with E-state index in [0.717, 1.165) is 18.4 Å². The number of benzene rings is 1. The van der Waals surface area contributed by atoms with Crippen LogP contribution in [0, 0.1) is 0 Å². The van der Waals surface area contributed by atoms with Gasteiger partial charge in [-0.3, -0.25) is 4.79 Å². The molecule has 11 nitrogen and oxygen atoms in total. The first kappa shape index (κ1) is 21.3. The molecule has 0 aliphatic carbocycles. The van der Waals surface area contributed by atoms with Gasteiger partial charge in [0.05, 0.1) is 11.4 Å². The number of nitrogens with zero attached hydrogens (tertiary/aromatic N) is 6. The number of anilines is 2. The van der Waals surface area contributed by atoms with Crippen LogP contribution in [0.5, 0.6) is 0 Å². The van der Waals surface area contributed by atoms with E-state index in [1.54, 1.807) is 53.3 Å². The van der Waals surface area contributed by atoms with Gasteiger partial charge in [-0.15, -0.1) is 0 Å². The molecule has 1 saturated heterocycles. The van der Waals surface area contributed by atoms with Gasteiger partial charge in [-0.25, -0.2) is 24.4 Å². The topological polar surface area (TPSA) is 152 Å². The molecule has 1 unspecified atom stereocenters. The number of rotatable bonds is 4. The second-order valence-electron chi connectivity index (χ2n) is 8.02. The number of aromatic nitrogens is 5. The van der Waals surface area contributed by atoms with Crippen LogP contribution in [-0.4, -0.2) is 59.8 Å². The number of hydrogen-bond acceptors (Lipinski definition) is 7. The van der Waals surface area contributed by atoms with Crippen molar-refractivity contribution < 1.29 is 14.7 Å². The van der Waals surface area contributed by atoms with E-state index >= 15 is 0 Å². The van der Waals surface area contributed by atoms with Gasteiger partial charge in [0, 0.05) is 30.4 Å². The van der Waals surface area contributed by atoms with Crippen LogP contribution in [-0.2, 0) is 0 Å². The van der Waals surface area contributed by atoms with Crippen LogP contribution in [0.2, 0.25) is 0 Å². The molecule has 0 bridgehead atoms. The summed E-state index contributed by atoms with van der Waals surface area (Å²) in [4.78, 5) is 38.1. The van der Waals surface area contributed by atoms with Crippen LogP contribution in [0.4, 0.5) is 16.4 Å². The molecule has 1 aliphatic heterocycles. The highest BCUT2D eigenvalue weighted by molar-refractivity contribution is 6.04. The molecule has 1 aromatic carbocycles. The Hall–Kier alpha value is -4.54. The Morgan fingerprint density at radius 3 is 2.65 bits per heavy atom. The number of pyridine rings is 1. The molecule has 4 aromatic rings. The quantitative estimate of drug-likeness (QED) is 0.422. The number of carboxylic acid groups (broad SMARTS) is 1. The third-order valence-corrected chi connectivity index (χ3v) is 5.86. The van der Waals surface area contributed by atoms with Crippen molar-refractivity contribution >= 4 is 34.7 Å². The molecule has 1 aliphatic rings. The highest BCUT2D eigenvalue weighted by Gasteiger charge is 2.28. The molecule has 0 saturated carbocycles. The molecule has 4 N–H and O–H groups in total. The maximum Gasteiger partial charge on any atom is 0.407 e. The van der Waals surface area contributed by atoms with Gasteiger partial charge in [-0.2, -0.15) is 5.10 Å². The van der Waals surface area contributed by atoms with Crippen LogP contribution in [0.25, 0.3) is 22.3 Å². The zero-order valence-electron chi connectivity index (χ0n) is 18.1. The number of amides is 2. The summed E-state index contributed by atoms with van der Waals surface area (Å²) in [7, 11) is 0. The van der Waals surface area contributed by atoms with Crippen molar-refractivity contribution in [1.29, 1.82) is 0 Å². The first-order chi connectivity index (χ1) is 16.5. The fraction of sp³-hybridized carbons (Fsp3) is 0.217. The first-order valence-electron chi connectivity index (χ1n) is 10.8. The number of hydrogen-bond donors (Lipinski definition) is 3. The predicted molar refractivity (Wildman–Crippen MR) is 125 cm³/mol. The molecule has 2 amide bonds. The van der Waals surface area contributed by atoms with Crippen LogP contribution < -0.4 is 11.1 Å². The monoisotopic (exact) mass is 458 g/mol. The molecule has 3 aromatic heterocycles. The Balaban J connectivity index is 1.48. The fourth-order valence-electron chi connectivity index (χ4n) is 4.18. The summed E-state index contributed by atoms with van der Waals surface area (Å²) in [5, 5.41) is 17.6. The number of carbonyl (C=O) groups excluding carboxylic acids is 1. The average molecular weight is 458 g/mol. The van der Waals surface area contributed by atoms with Gasteiger partial charge in [0.15, 0.2) is 5.65 Å². The van der Waals surface area contributed by atoms with Crippen LogP contribution in [0.1, 0.15) is 29.2 Å². The lowest BCUT2D eigenvalue weighted by atomic mass is 10.1. The van der Waals surface area contributed by atoms with E-state index in [4.69, 9.17) is 10.8 Å². The van der Waals surface area contributed by atoms with E-state index in [1.807, 2.05) is 0 Å². The van der Waals surface area contributed by atoms with Crippen LogP contribution >= 0.6 is 0 Å². The minimum absolute atomic E-state index is 0.168. The standard InChI is InChI=1S/C23H22N8O3/c24-20-18-19(14-6-8-15(9-7-14)22(32)28-17-5-1-2-10-25-17)29-31(21(18)27-13-26-20)16-4-3-11-30(12-16)23(33)34/h1-2,5-10,13,16H,3-4,11-12H2,(H,33,34)(H2,24,26,27)(H,25,28,32). The van der Waals surface area contributed by atoms with Crippen molar-refractivity contribution in [2.75, 3.05) is 24.1 Å². The molecule has 1 fully saturated rings. The molecule has 11 heteroatoms. The van der Waals surface area contributed by atoms with Crippen molar-refractivity contribution in [2.45, 2.75) is 18.9 Å². The maximum atomic E-state index is 12.6. The molecular weight excluding hydrogens is 436 g/mol. The van der Waals surface area contributed by atoms with Crippen LogP contribution in [0.15, 0.2) is 55.0 Å². The summed E-state index contributed by atoms with van der Waals surface area (Å²) in [6, 6.07) is 12.1. The summed E-state index contributed by atoms with van der Waals surface area (Å²) in [6.45, 7) is 0.819. The average Bonchev–Trinajstić information content (AvgIpc) is 3.26. The second kappa shape index (κ2) is 8.77. The zero-order valence-corrected chi connectivity index (χ0v) is 18.1. The highest BCUT2D eigenvalue weighted by atomic mass is 16.4. The van der Waals surface area contributed by atoms with E-state index in [1.165, 1.54) is 11.2 Å². The highest BCUT2D eigenvalue weighted by Crippen LogP contribution is 2.33. The Kier molecular flexibility index (Phi) is 5.50. The number of fused-ring (bicyclic) bond motifs is 1. The lowest BCUT2D eigenvalue weighted by Crippen LogP contribution is -2.40. The van der Waals surface area contributed by atoms with Crippen molar-refractivity contribution in [3.05, 3.63) is 60.6 Å². The minimum atomic E-state index is -0.949. The summed E-state index contributed by atoms with van der Waals surface area (Å²) < 4.78 is 1.75. The van der Waals surface area contributed by atoms with Gasteiger partial charge >= 0.3 is 6.09 Å². The van der Waals surface area contributed by atoms with E-state index in [-0.39, 0.29) is 17.8 Å². The molecule has 0 radical (unpaired) electrons. The lowest BCUT2D eigenvalue weighted by molar-refractivity contribution is 0.102. The molecule has 5 rings (SSSR count). The molecule has 34 heavy (non-hydrogen) atoms. The third kappa shape index (κ3) is 3.98. The number of likely N-dealkylation sites (tertiary alicyclic amines) is 1. The smallest absolute Gasteiger partial charge is 0.407 e. The molecule has 4 heterocycles. The number of nitrogens with one attached hydrogen (secondary N) is 1. The van der Waals surface area contributed by atoms with Crippen molar-refractivity contribution in [3.63, 3.8) is 0 Å². The van der Waals surface area contributed by atoms with Gasteiger partial charge in [0.1, 0.15) is 23.7 Å². The molecular formula is C23H22N8O3. The van der Waals surface area contributed by atoms with Gasteiger partial charge in [-0.05, 0) is 37.1 Å². The van der Waals surface area contributed by atoms with Crippen molar-refractivity contribution in [2.24, 2.45) is 0 Å². The fourth-order valence-corrected chi connectivity index (χ4v) is 4.18. The predicted octanol–water partition coefficient (Wildman–Crippen LogP) is 3.04. The summed E-state index contributed by atoms with van der Waals surface area (Å²) in [6.07, 6.45) is 3.54. The van der Waals surface area contributed by atoms with Crippen molar-refractivity contribution in [1.82, 2.24) is 29.6 Å². The van der Waals surface area contributed by atoms with Crippen molar-refractivity contribution in [3.8, 4) is 11.3 Å². The number of nitrogen functional groups attached to an aromatic ring is 1. The van der Waals surface area contributed by atoms with E-state index < -0.39 is 6.09 Å². The number of nitrogens with two attached hydrogens (primary N) is 1. The summed E-state index contributed by atoms with van der Waals surface area (Å²) in [5.74, 6) is 0.475. The number of carbonyl (C=O) groups is 2. The zero-order chi connectivity index (χ0) is 23.7. The SMILES string of the molecule is Nc1ncnc2c1c(-c1ccc(C(=O)Nc3ccccn3)cc1)nn2C1CCCN(C(=O)O)C1. The molecule has 172 valence electrons. The summed E-state index contributed by atoms with van der Waals surface area (Å²) in [5.41, 5.74) is 8.54. The lowest BCUT2D eigenvalue weighted by Gasteiger charge is -2.30. The van der Waals surface area contributed by atoms with Gasteiger partial charge in [0.25, 0.3) is 5.91 Å². The molecule has 0 spiro atoms.